The zero-order valence-electron chi connectivity index (χ0n) is 10.3. The topological polar surface area (TPSA) is 39.2 Å². The molecule has 1 aromatic heterocycles. The van der Waals surface area contributed by atoms with Crippen LogP contribution in [0.2, 0.25) is 5.15 Å². The lowest BCUT2D eigenvalue weighted by Crippen LogP contribution is -2.13. The van der Waals surface area contributed by atoms with Gasteiger partial charge in [0, 0.05) is 11.9 Å². The number of thioether (sulfide) groups is 1. The predicted octanol–water partition coefficient (Wildman–Crippen LogP) is 3.31. The van der Waals surface area contributed by atoms with Gasteiger partial charge in [0.05, 0.1) is 13.5 Å². The molecule has 1 aliphatic rings. The highest BCUT2D eigenvalue weighted by molar-refractivity contribution is 7.98. The fourth-order valence-electron chi connectivity index (χ4n) is 1.83. The van der Waals surface area contributed by atoms with Crippen LogP contribution in [-0.4, -0.2) is 23.8 Å². The second kappa shape index (κ2) is 5.93. The molecule has 98 valence electrons. The summed E-state index contributed by atoms with van der Waals surface area (Å²) in [7, 11) is 1.45. The number of pyridine rings is 1. The number of nitrogens with zero attached hydrogens (tertiary/aromatic N) is 1. The molecule has 1 saturated carbocycles. The van der Waals surface area contributed by atoms with Crippen molar-refractivity contribution in [3.05, 3.63) is 29.0 Å². The Hall–Kier alpha value is -0.740. The number of ether oxygens (including phenoxy) is 1. The van der Waals surface area contributed by atoms with Gasteiger partial charge in [-0.15, -0.1) is 0 Å². The molecule has 1 fully saturated rings. The molecule has 0 aliphatic heterocycles. The van der Waals surface area contributed by atoms with Crippen molar-refractivity contribution >= 4 is 29.3 Å². The first-order valence-corrected chi connectivity index (χ1v) is 7.42. The van der Waals surface area contributed by atoms with Crippen molar-refractivity contribution in [1.82, 2.24) is 4.98 Å². The first-order chi connectivity index (χ1) is 8.65. The summed E-state index contributed by atoms with van der Waals surface area (Å²) in [6.07, 6.45) is 4.47. The van der Waals surface area contributed by atoms with Crippen molar-refractivity contribution < 1.29 is 9.53 Å². The number of carbonyl (C=O) groups is 1. The maximum atomic E-state index is 11.3. The highest BCUT2D eigenvalue weighted by atomic mass is 35.5. The Labute approximate surface area is 116 Å². The van der Waals surface area contributed by atoms with E-state index in [9.17, 15) is 4.79 Å². The van der Waals surface area contributed by atoms with E-state index in [4.69, 9.17) is 16.3 Å². The van der Waals surface area contributed by atoms with Gasteiger partial charge in [0.25, 0.3) is 0 Å². The number of rotatable bonds is 6. The van der Waals surface area contributed by atoms with E-state index in [1.807, 2.05) is 23.9 Å². The molecule has 5 heteroatoms. The highest BCUT2D eigenvalue weighted by Gasteiger charge is 2.44. The maximum Gasteiger partial charge on any atom is 0.306 e. The van der Waals surface area contributed by atoms with E-state index < -0.39 is 0 Å². The van der Waals surface area contributed by atoms with Gasteiger partial charge >= 0.3 is 5.97 Å². The predicted molar refractivity (Wildman–Crippen MR) is 73.7 cm³/mol. The minimum atomic E-state index is -0.104. The van der Waals surface area contributed by atoms with Gasteiger partial charge in [-0.05, 0) is 35.6 Å². The van der Waals surface area contributed by atoms with Crippen LogP contribution in [0.15, 0.2) is 18.3 Å². The van der Waals surface area contributed by atoms with E-state index in [1.54, 1.807) is 6.20 Å². The van der Waals surface area contributed by atoms with E-state index in [0.717, 1.165) is 29.9 Å². The van der Waals surface area contributed by atoms with E-state index in [1.165, 1.54) is 7.11 Å². The minimum Gasteiger partial charge on any atom is -0.469 e. The van der Waals surface area contributed by atoms with Crippen molar-refractivity contribution in [3.63, 3.8) is 0 Å². The molecular weight excluding hydrogens is 270 g/mol. The zero-order valence-corrected chi connectivity index (χ0v) is 11.9. The van der Waals surface area contributed by atoms with Crippen molar-refractivity contribution in [2.75, 3.05) is 12.9 Å². The van der Waals surface area contributed by atoms with Gasteiger partial charge in [-0.2, -0.15) is 11.8 Å². The van der Waals surface area contributed by atoms with Crippen molar-refractivity contribution in [3.8, 4) is 0 Å². The van der Waals surface area contributed by atoms with Crippen LogP contribution in [0.3, 0.4) is 0 Å². The van der Waals surface area contributed by atoms with E-state index >= 15 is 0 Å². The molecule has 0 N–H and O–H groups in total. The van der Waals surface area contributed by atoms with Gasteiger partial charge < -0.3 is 4.74 Å². The van der Waals surface area contributed by atoms with E-state index in [2.05, 4.69) is 4.98 Å². The Morgan fingerprint density at radius 2 is 2.39 bits per heavy atom. The average molecular weight is 286 g/mol. The molecule has 3 nitrogen and oxygen atoms in total. The third-order valence-corrected chi connectivity index (χ3v) is 4.88. The molecule has 0 aromatic carbocycles. The van der Waals surface area contributed by atoms with Crippen LogP contribution in [0.25, 0.3) is 0 Å². The summed E-state index contributed by atoms with van der Waals surface area (Å²) in [6.45, 7) is 0. The summed E-state index contributed by atoms with van der Waals surface area (Å²) in [5, 5.41) is 0.572. The molecule has 1 aromatic rings. The molecule has 0 radical (unpaired) electrons. The summed E-state index contributed by atoms with van der Waals surface area (Å²) >= 11 is 7.81. The van der Waals surface area contributed by atoms with E-state index in [0.29, 0.717) is 11.6 Å². The molecule has 2 rings (SSSR count). The lowest BCUT2D eigenvalue weighted by molar-refractivity contribution is -0.141. The van der Waals surface area contributed by atoms with Crippen LogP contribution < -0.4 is 0 Å². The minimum absolute atomic E-state index is 0.104. The second-order valence-electron chi connectivity index (χ2n) is 4.70. The zero-order chi connectivity index (χ0) is 13.0. The van der Waals surface area contributed by atoms with Gasteiger partial charge in [-0.1, -0.05) is 17.7 Å². The van der Waals surface area contributed by atoms with E-state index in [-0.39, 0.29) is 11.4 Å². The third kappa shape index (κ3) is 3.62. The summed E-state index contributed by atoms with van der Waals surface area (Å²) < 4.78 is 4.73. The quantitative estimate of drug-likeness (QED) is 0.594. The van der Waals surface area contributed by atoms with Crippen LogP contribution >= 0.6 is 23.4 Å². The Balaban J connectivity index is 1.79. The highest BCUT2D eigenvalue weighted by Crippen LogP contribution is 2.51. The van der Waals surface area contributed by atoms with Gasteiger partial charge in [-0.3, -0.25) is 4.79 Å². The van der Waals surface area contributed by atoms with Gasteiger partial charge in [0.1, 0.15) is 5.15 Å². The Morgan fingerprint density at radius 1 is 1.61 bits per heavy atom. The van der Waals surface area contributed by atoms with Gasteiger partial charge in [-0.25, -0.2) is 4.98 Å². The number of methoxy groups -OCH3 is 1. The number of aromatic nitrogens is 1. The Morgan fingerprint density at radius 3 is 3.00 bits per heavy atom. The first-order valence-electron chi connectivity index (χ1n) is 5.89. The Kier molecular flexibility index (Phi) is 4.51. The lowest BCUT2D eigenvalue weighted by Gasteiger charge is -2.13. The molecule has 0 bridgehead atoms. The third-order valence-electron chi connectivity index (χ3n) is 3.21. The number of carbonyl (C=O) groups excluding carboxylic acids is 1. The fourth-order valence-corrected chi connectivity index (χ4v) is 3.48. The number of hydrogen-bond donors (Lipinski definition) is 0. The van der Waals surface area contributed by atoms with Crippen LogP contribution in [0.4, 0.5) is 0 Å². The van der Waals surface area contributed by atoms with Crippen molar-refractivity contribution in [2.45, 2.75) is 25.0 Å². The summed E-state index contributed by atoms with van der Waals surface area (Å²) in [5.41, 5.74) is 1.23. The van der Waals surface area contributed by atoms with Gasteiger partial charge in [0.15, 0.2) is 0 Å². The van der Waals surface area contributed by atoms with Crippen LogP contribution in [0.5, 0.6) is 0 Å². The van der Waals surface area contributed by atoms with Crippen LogP contribution in [-0.2, 0) is 15.3 Å². The standard InChI is InChI=1S/C13H16ClNO2S/c1-17-11(16)7-13(4-5-13)9-18-8-10-3-2-6-15-12(10)14/h2-3,6H,4-5,7-9H2,1H3. The summed E-state index contributed by atoms with van der Waals surface area (Å²) in [5.74, 6) is 1.72. The molecule has 0 spiro atoms. The van der Waals surface area contributed by atoms with Gasteiger partial charge in [0.2, 0.25) is 0 Å². The van der Waals surface area contributed by atoms with Crippen molar-refractivity contribution in [1.29, 1.82) is 0 Å². The molecule has 0 atom stereocenters. The second-order valence-corrected chi connectivity index (χ2v) is 6.04. The lowest BCUT2D eigenvalue weighted by atomic mass is 10.1. The molecule has 0 saturated heterocycles. The Bertz CT molecular complexity index is 435. The molecule has 18 heavy (non-hydrogen) atoms. The van der Waals surface area contributed by atoms with Crippen LogP contribution in [0, 0.1) is 5.41 Å². The number of hydrogen-bond acceptors (Lipinski definition) is 4. The fraction of sp³-hybridized carbons (Fsp3) is 0.538. The normalized spacial score (nSPS) is 16.3. The number of esters is 1. The molecular formula is C13H16ClNO2S. The monoisotopic (exact) mass is 285 g/mol. The SMILES string of the molecule is COC(=O)CC1(CSCc2cccnc2Cl)CC1. The van der Waals surface area contributed by atoms with Crippen molar-refractivity contribution in [2.24, 2.45) is 5.41 Å². The first kappa shape index (κ1) is 13.7. The maximum absolute atomic E-state index is 11.3. The molecule has 0 unspecified atom stereocenters. The molecule has 1 heterocycles. The molecule has 1 aliphatic carbocycles. The largest absolute Gasteiger partial charge is 0.469 e. The summed E-state index contributed by atoms with van der Waals surface area (Å²) in [4.78, 5) is 15.3. The summed E-state index contributed by atoms with van der Waals surface area (Å²) in [6, 6.07) is 3.88. The van der Waals surface area contributed by atoms with Crippen LogP contribution in [0.1, 0.15) is 24.8 Å². The average Bonchev–Trinajstić information content (AvgIpc) is 3.11. The molecule has 0 amide bonds. The number of halogens is 1. The smallest absolute Gasteiger partial charge is 0.306 e.